The highest BCUT2D eigenvalue weighted by atomic mass is 79.9. The molecule has 0 bridgehead atoms. The van der Waals surface area contributed by atoms with E-state index in [1.54, 1.807) is 0 Å². The van der Waals surface area contributed by atoms with Crippen molar-refractivity contribution >= 4 is 48.9 Å². The lowest BCUT2D eigenvalue weighted by Gasteiger charge is -2.00. The Hall–Kier alpha value is -0.880. The van der Waals surface area contributed by atoms with E-state index < -0.39 is 3.74 Å². The molecule has 2 aromatic rings. The van der Waals surface area contributed by atoms with Gasteiger partial charge >= 0.3 is 5.97 Å². The van der Waals surface area contributed by atoms with Crippen LogP contribution in [0.3, 0.4) is 0 Å². The average Bonchev–Trinajstić information content (AvgIpc) is 2.68. The Labute approximate surface area is 109 Å². The molecule has 2 rings (SSSR count). The summed E-state index contributed by atoms with van der Waals surface area (Å²) in [7, 11) is 0. The maximum absolute atomic E-state index is 11.2. The lowest BCUT2D eigenvalue weighted by molar-refractivity contribution is -0.363. The molecule has 84 valence electrons. The molecule has 1 aromatic carbocycles. The summed E-state index contributed by atoms with van der Waals surface area (Å²) in [5.74, 6) is 0.405. The Kier molecular flexibility index (Phi) is 3.60. The summed E-state index contributed by atoms with van der Waals surface area (Å²) in [6, 6.07) is 7.79. The Bertz CT molecular complexity index is 477. The number of para-hydroxylation sites is 2. The molecule has 0 aliphatic carbocycles. The second kappa shape index (κ2) is 4.97. The summed E-state index contributed by atoms with van der Waals surface area (Å²) in [4.78, 5) is 17.4. The Morgan fingerprint density at radius 3 is 2.88 bits per heavy atom. The van der Waals surface area contributed by atoms with Gasteiger partial charge < -0.3 is 4.74 Å². The van der Waals surface area contributed by atoms with Gasteiger partial charge in [-0.05, 0) is 12.1 Å². The third kappa shape index (κ3) is 2.62. The number of halogens is 2. The van der Waals surface area contributed by atoms with Crippen molar-refractivity contribution in [1.82, 2.24) is 4.98 Å². The van der Waals surface area contributed by atoms with Gasteiger partial charge in [-0.3, -0.25) is 0 Å². The van der Waals surface area contributed by atoms with Crippen molar-refractivity contribution in [3.8, 4) is 0 Å². The number of nitrogens with one attached hydrogen (secondary N) is 2. The first-order chi connectivity index (χ1) is 7.66. The van der Waals surface area contributed by atoms with Crippen molar-refractivity contribution < 1.29 is 14.5 Å². The number of hydrogen-bond donors (Lipinski definition) is 1. The molecule has 1 aromatic heterocycles. The van der Waals surface area contributed by atoms with Crippen LogP contribution in [0.2, 0.25) is 0 Å². The maximum atomic E-state index is 11.2. The Morgan fingerprint density at radius 1 is 1.44 bits per heavy atom. The molecule has 0 saturated carbocycles. The van der Waals surface area contributed by atoms with Gasteiger partial charge in [-0.15, -0.1) is 0 Å². The fourth-order valence-corrected chi connectivity index (χ4v) is 1.60. The van der Waals surface area contributed by atoms with E-state index in [4.69, 9.17) is 4.74 Å². The largest absolute Gasteiger partial charge is 0.451 e. The summed E-state index contributed by atoms with van der Waals surface area (Å²) in [6.07, 6.45) is 0. The molecule has 6 heteroatoms. The normalized spacial score (nSPS) is 10.9. The lowest BCUT2D eigenvalue weighted by atomic mass is 10.3. The highest BCUT2D eigenvalue weighted by Crippen LogP contribution is 2.11. The van der Waals surface area contributed by atoms with Gasteiger partial charge in [-0.2, -0.15) is 0 Å². The number of hydrogen-bond acceptors (Lipinski definition) is 2. The van der Waals surface area contributed by atoms with Gasteiger partial charge in [0.1, 0.15) is 0 Å². The molecule has 0 spiro atoms. The van der Waals surface area contributed by atoms with E-state index >= 15 is 0 Å². The van der Waals surface area contributed by atoms with E-state index in [-0.39, 0.29) is 12.6 Å². The number of aromatic amines is 2. The van der Waals surface area contributed by atoms with Crippen LogP contribution in [-0.2, 0) is 16.1 Å². The van der Waals surface area contributed by atoms with Gasteiger partial charge in [-0.1, -0.05) is 44.0 Å². The molecule has 2 N–H and O–H groups in total. The van der Waals surface area contributed by atoms with Crippen LogP contribution in [0.5, 0.6) is 0 Å². The number of aromatic nitrogens is 2. The molecular weight excluding hydrogens is 340 g/mol. The number of H-pyrrole nitrogens is 2. The number of imidazole rings is 1. The predicted octanol–water partition coefficient (Wildman–Crippen LogP) is 2.14. The monoisotopic (exact) mass is 347 g/mol. The van der Waals surface area contributed by atoms with Crippen LogP contribution in [0.25, 0.3) is 11.0 Å². The predicted molar refractivity (Wildman–Crippen MR) is 66.3 cm³/mol. The minimum atomic E-state index is -0.468. The first-order valence-electron chi connectivity index (χ1n) is 4.60. The molecule has 0 aliphatic rings. The van der Waals surface area contributed by atoms with Crippen LogP contribution in [-0.4, -0.2) is 14.7 Å². The van der Waals surface area contributed by atoms with E-state index in [0.717, 1.165) is 16.9 Å². The molecule has 0 saturated heterocycles. The molecule has 0 radical (unpaired) electrons. The van der Waals surface area contributed by atoms with Crippen LogP contribution < -0.4 is 4.98 Å². The van der Waals surface area contributed by atoms with E-state index in [0.29, 0.717) is 0 Å². The zero-order valence-corrected chi connectivity index (χ0v) is 11.3. The highest BCUT2D eigenvalue weighted by molar-refractivity contribution is 9.25. The lowest BCUT2D eigenvalue weighted by Crippen LogP contribution is -2.15. The average molecular weight is 349 g/mol. The summed E-state index contributed by atoms with van der Waals surface area (Å²) < 4.78 is 4.56. The van der Waals surface area contributed by atoms with Crippen molar-refractivity contribution in [1.29, 1.82) is 0 Å². The number of ether oxygens (including phenoxy) is 1. The summed E-state index contributed by atoms with van der Waals surface area (Å²) in [5.41, 5.74) is 1.98. The van der Waals surface area contributed by atoms with Gasteiger partial charge in [0.2, 0.25) is 0 Å². The quantitative estimate of drug-likeness (QED) is 0.682. The highest BCUT2D eigenvalue weighted by Gasteiger charge is 2.15. The molecule has 0 atom stereocenters. The first-order valence-corrected chi connectivity index (χ1v) is 6.43. The van der Waals surface area contributed by atoms with Crippen molar-refractivity contribution in [3.63, 3.8) is 0 Å². The van der Waals surface area contributed by atoms with Gasteiger partial charge in [0.05, 0.1) is 0 Å². The molecule has 0 unspecified atom stereocenters. The van der Waals surface area contributed by atoms with E-state index in [2.05, 4.69) is 41.8 Å². The third-order valence-electron chi connectivity index (χ3n) is 2.04. The number of carbonyl (C=O) groups excluding carboxylic acids is 1. The van der Waals surface area contributed by atoms with E-state index in [1.807, 2.05) is 24.3 Å². The van der Waals surface area contributed by atoms with Crippen molar-refractivity contribution in [2.75, 3.05) is 0 Å². The zero-order chi connectivity index (χ0) is 11.5. The van der Waals surface area contributed by atoms with E-state index in [9.17, 15) is 4.79 Å². The SMILES string of the molecule is O=C(OCc1[nH]c2ccccc2[nH+]1)C(Br)Br. The standard InChI is InChI=1S/C10H8Br2N2O2/c11-9(12)10(15)16-5-8-13-6-3-1-2-4-7(6)14-8/h1-4,9H,5H2,(H,13,14)/p+1. The van der Waals surface area contributed by atoms with Gasteiger partial charge in [0.25, 0.3) is 5.82 Å². The molecule has 0 amide bonds. The second-order valence-corrected chi connectivity index (χ2v) is 6.24. The van der Waals surface area contributed by atoms with Crippen molar-refractivity contribution in [2.24, 2.45) is 0 Å². The van der Waals surface area contributed by atoms with E-state index in [1.165, 1.54) is 0 Å². The van der Waals surface area contributed by atoms with Crippen molar-refractivity contribution in [2.45, 2.75) is 10.3 Å². The van der Waals surface area contributed by atoms with Gasteiger partial charge in [-0.25, -0.2) is 14.8 Å². The van der Waals surface area contributed by atoms with Crippen LogP contribution in [0.1, 0.15) is 5.82 Å². The first kappa shape index (κ1) is 11.6. The Balaban J connectivity index is 2.07. The maximum Gasteiger partial charge on any atom is 0.331 e. The van der Waals surface area contributed by atoms with Crippen LogP contribution in [0.4, 0.5) is 0 Å². The molecule has 0 fully saturated rings. The number of carbonyl (C=O) groups is 1. The number of fused-ring (bicyclic) bond motifs is 1. The summed E-state index contributed by atoms with van der Waals surface area (Å²) in [6.45, 7) is 0.196. The van der Waals surface area contributed by atoms with Gasteiger partial charge in [0.15, 0.2) is 21.4 Å². The van der Waals surface area contributed by atoms with Crippen LogP contribution >= 0.6 is 31.9 Å². The van der Waals surface area contributed by atoms with Crippen molar-refractivity contribution in [3.05, 3.63) is 30.1 Å². The van der Waals surface area contributed by atoms with Crippen LogP contribution in [0, 0.1) is 0 Å². The zero-order valence-electron chi connectivity index (χ0n) is 8.17. The molecule has 1 heterocycles. The minimum absolute atomic E-state index is 0.196. The topological polar surface area (TPSA) is 56.2 Å². The van der Waals surface area contributed by atoms with Crippen LogP contribution in [0.15, 0.2) is 24.3 Å². The number of esters is 1. The fraction of sp³-hybridized carbons (Fsp3) is 0.200. The molecule has 4 nitrogen and oxygen atoms in total. The smallest absolute Gasteiger partial charge is 0.331 e. The number of alkyl halides is 2. The molecule has 16 heavy (non-hydrogen) atoms. The minimum Gasteiger partial charge on any atom is -0.451 e. The number of benzene rings is 1. The fourth-order valence-electron chi connectivity index (χ4n) is 1.34. The molecule has 0 aliphatic heterocycles. The summed E-state index contributed by atoms with van der Waals surface area (Å²) in [5, 5.41) is 0. The molecular formula is C10H9Br2N2O2+. The number of rotatable bonds is 3. The van der Waals surface area contributed by atoms with Gasteiger partial charge in [0, 0.05) is 0 Å². The second-order valence-electron chi connectivity index (χ2n) is 3.18. The third-order valence-corrected chi connectivity index (χ3v) is 2.78. The summed E-state index contributed by atoms with van der Waals surface area (Å²) >= 11 is 6.14. The Morgan fingerprint density at radius 2 is 2.19 bits per heavy atom.